The molecule has 6 atom stereocenters. The van der Waals surface area contributed by atoms with Gasteiger partial charge in [0.1, 0.15) is 17.4 Å². The summed E-state index contributed by atoms with van der Waals surface area (Å²) in [7, 11) is -0.553. The van der Waals surface area contributed by atoms with Gasteiger partial charge in [0, 0.05) is 6.42 Å². The number of phenols is 1. The number of ether oxygens (including phenoxy) is 1. The van der Waals surface area contributed by atoms with E-state index in [1.807, 2.05) is 0 Å². The van der Waals surface area contributed by atoms with E-state index >= 15 is 0 Å². The first kappa shape index (κ1) is 28.7. The summed E-state index contributed by atoms with van der Waals surface area (Å²) in [4.78, 5) is 26.3. The van der Waals surface area contributed by atoms with E-state index in [2.05, 4.69) is 45.3 Å². The number of phenolic OH excluding ortho intramolecular Hbond substituents is 1. The molecule has 3 saturated carbocycles. The van der Waals surface area contributed by atoms with E-state index in [4.69, 9.17) is 14.0 Å². The van der Waals surface area contributed by atoms with Gasteiger partial charge in [0.15, 0.2) is 0 Å². The first-order valence-corrected chi connectivity index (χ1v) is 14.0. The van der Waals surface area contributed by atoms with E-state index in [-0.39, 0.29) is 41.1 Å². The molecule has 4 aliphatic rings. The van der Waals surface area contributed by atoms with Crippen molar-refractivity contribution in [3.8, 4) is 5.75 Å². The van der Waals surface area contributed by atoms with Crippen LogP contribution in [0.3, 0.4) is 0 Å². The zero-order valence-corrected chi connectivity index (χ0v) is 24.2. The summed E-state index contributed by atoms with van der Waals surface area (Å²) in [5.41, 5.74) is -0.0424. The van der Waals surface area contributed by atoms with Crippen LogP contribution < -0.4 is 10.6 Å². The minimum absolute atomic E-state index is 0.0171. The van der Waals surface area contributed by atoms with E-state index < -0.39 is 24.9 Å². The van der Waals surface area contributed by atoms with E-state index in [0.29, 0.717) is 24.2 Å². The molecule has 3 N–H and O–H groups in total. The second kappa shape index (κ2) is 10.4. The third kappa shape index (κ3) is 5.99. The number of carbonyl (C=O) groups excluding carboxylic acids is 2. The maximum Gasteiger partial charge on any atom is 0.481 e. The lowest BCUT2D eigenvalue weighted by Crippen LogP contribution is -2.65. The topological polar surface area (TPSA) is 106 Å². The summed E-state index contributed by atoms with van der Waals surface area (Å²) in [5, 5.41) is 15.6. The molecule has 2 amide bonds. The van der Waals surface area contributed by atoms with Crippen LogP contribution in [0.2, 0.25) is 0 Å². The molecule has 0 aromatic heterocycles. The molecule has 5 rings (SSSR count). The van der Waals surface area contributed by atoms with Gasteiger partial charge in [0.05, 0.1) is 17.6 Å². The Morgan fingerprint density at radius 1 is 1.13 bits per heavy atom. The van der Waals surface area contributed by atoms with Crippen molar-refractivity contribution in [2.24, 2.45) is 23.2 Å². The smallest absolute Gasteiger partial charge is 0.481 e. The van der Waals surface area contributed by atoms with Crippen LogP contribution in [0.1, 0.15) is 80.2 Å². The van der Waals surface area contributed by atoms with Crippen molar-refractivity contribution in [1.29, 1.82) is 0 Å². The molecule has 2 bridgehead atoms. The highest BCUT2D eigenvalue weighted by molar-refractivity contribution is 6.48. The lowest BCUT2D eigenvalue weighted by Gasteiger charge is -2.64. The van der Waals surface area contributed by atoms with Crippen molar-refractivity contribution >= 4 is 19.1 Å². The molecule has 9 heteroatoms. The zero-order valence-electron chi connectivity index (χ0n) is 24.2. The Kier molecular flexibility index (Phi) is 7.85. The Hall–Kier alpha value is -2.26. The largest absolute Gasteiger partial charge is 0.508 e. The van der Waals surface area contributed by atoms with Crippen molar-refractivity contribution in [1.82, 2.24) is 10.6 Å². The quantitative estimate of drug-likeness (QED) is 0.425. The van der Waals surface area contributed by atoms with Gasteiger partial charge >= 0.3 is 13.2 Å². The second-order valence-corrected chi connectivity index (χ2v) is 13.7. The van der Waals surface area contributed by atoms with Gasteiger partial charge in [0.25, 0.3) is 0 Å². The van der Waals surface area contributed by atoms with Gasteiger partial charge in [-0.05, 0) is 87.8 Å². The van der Waals surface area contributed by atoms with Crippen LogP contribution >= 0.6 is 0 Å². The molecule has 1 unspecified atom stereocenters. The number of aromatic hydroxyl groups is 1. The van der Waals surface area contributed by atoms with Gasteiger partial charge in [-0.2, -0.15) is 0 Å². The minimum atomic E-state index is -0.880. The first-order valence-electron chi connectivity index (χ1n) is 14.0. The minimum Gasteiger partial charge on any atom is -0.508 e. The number of rotatable bonds is 8. The molecule has 3 aliphatic carbocycles. The maximum atomic E-state index is 13.7. The van der Waals surface area contributed by atoms with Gasteiger partial charge in [0.2, 0.25) is 5.91 Å². The molecule has 4 fully saturated rings. The molecule has 8 nitrogen and oxygen atoms in total. The summed E-state index contributed by atoms with van der Waals surface area (Å²) in [6.07, 6.45) is 2.41. The standard InChI is InChI=1S/C29H45BN2O6/c1-17(2)13-24(30-37-23-16-19-15-22(28(19,6)7)29(23,8)38-30)32-25(34)21(31-26(35)36-27(3,4)5)14-18-9-11-20(33)12-10-18/h9-12,17,19,21-24,33H,13-16H2,1-8H3,(H,31,35)(H,32,34)/t19-,21-,22-,23?,24-,29-/m0/s1. The highest BCUT2D eigenvalue weighted by Gasteiger charge is 2.68. The second-order valence-electron chi connectivity index (χ2n) is 13.7. The molecule has 1 aromatic rings. The third-order valence-electron chi connectivity index (χ3n) is 8.73. The molecule has 1 saturated heterocycles. The van der Waals surface area contributed by atoms with Crippen molar-refractivity contribution in [3.63, 3.8) is 0 Å². The molecule has 210 valence electrons. The summed E-state index contributed by atoms with van der Waals surface area (Å²) in [6.45, 7) is 16.4. The first-order chi connectivity index (χ1) is 17.6. The summed E-state index contributed by atoms with van der Waals surface area (Å²) >= 11 is 0. The molecular formula is C29H45BN2O6. The van der Waals surface area contributed by atoms with Gasteiger partial charge in [-0.15, -0.1) is 0 Å². The molecular weight excluding hydrogens is 483 g/mol. The van der Waals surface area contributed by atoms with Crippen molar-refractivity contribution in [2.45, 2.75) is 110 Å². The van der Waals surface area contributed by atoms with Crippen LogP contribution in [0, 0.1) is 23.2 Å². The Morgan fingerprint density at radius 2 is 1.79 bits per heavy atom. The van der Waals surface area contributed by atoms with E-state index in [1.54, 1.807) is 45.0 Å². The van der Waals surface area contributed by atoms with E-state index in [9.17, 15) is 14.7 Å². The number of benzene rings is 1. The fourth-order valence-corrected chi connectivity index (χ4v) is 6.63. The summed E-state index contributed by atoms with van der Waals surface area (Å²) in [6, 6.07) is 5.72. The molecule has 0 radical (unpaired) electrons. The lowest BCUT2D eigenvalue weighted by atomic mass is 9.43. The van der Waals surface area contributed by atoms with Gasteiger partial charge in [-0.3, -0.25) is 4.79 Å². The highest BCUT2D eigenvalue weighted by Crippen LogP contribution is 2.65. The zero-order chi connectivity index (χ0) is 28.0. The van der Waals surface area contributed by atoms with Crippen molar-refractivity contribution < 1.29 is 28.7 Å². The molecule has 1 heterocycles. The van der Waals surface area contributed by atoms with Gasteiger partial charge in [-0.1, -0.05) is 39.8 Å². The van der Waals surface area contributed by atoms with Crippen LogP contribution in [0.5, 0.6) is 5.75 Å². The SMILES string of the molecule is CC(C)C[C@H](NC(=O)[C@H](Cc1ccc(O)cc1)NC(=O)OC(C)(C)C)B1OC2C[C@@H]3C[C@@H](C3(C)C)[C@]2(C)O1. The van der Waals surface area contributed by atoms with Gasteiger partial charge < -0.3 is 29.8 Å². The summed E-state index contributed by atoms with van der Waals surface area (Å²) < 4.78 is 18.6. The fraction of sp³-hybridized carbons (Fsp3) is 0.724. The Morgan fingerprint density at radius 3 is 2.37 bits per heavy atom. The van der Waals surface area contributed by atoms with Crippen LogP contribution in [-0.4, -0.2) is 53.5 Å². The van der Waals surface area contributed by atoms with Crippen LogP contribution in [0.25, 0.3) is 0 Å². The van der Waals surface area contributed by atoms with Crippen molar-refractivity contribution in [2.75, 3.05) is 0 Å². The molecule has 0 spiro atoms. The number of hydrogen-bond donors (Lipinski definition) is 3. The average molecular weight is 528 g/mol. The Bertz CT molecular complexity index is 1020. The third-order valence-corrected chi connectivity index (χ3v) is 8.73. The predicted octanol–water partition coefficient (Wildman–Crippen LogP) is 4.63. The number of hydrogen-bond acceptors (Lipinski definition) is 6. The number of carbonyl (C=O) groups is 2. The molecule has 1 aliphatic heterocycles. The van der Waals surface area contributed by atoms with Crippen LogP contribution in [-0.2, 0) is 25.3 Å². The predicted molar refractivity (Wildman–Crippen MR) is 146 cm³/mol. The van der Waals surface area contributed by atoms with E-state index in [1.165, 1.54) is 0 Å². The van der Waals surface area contributed by atoms with Gasteiger partial charge in [-0.25, -0.2) is 4.79 Å². The molecule has 1 aromatic carbocycles. The van der Waals surface area contributed by atoms with E-state index in [0.717, 1.165) is 18.4 Å². The highest BCUT2D eigenvalue weighted by atomic mass is 16.7. The normalized spacial score (nSPS) is 29.2. The van der Waals surface area contributed by atoms with Crippen molar-refractivity contribution in [3.05, 3.63) is 29.8 Å². The summed E-state index contributed by atoms with van der Waals surface area (Å²) in [5.74, 6) is 0.800. The number of alkyl carbamates (subject to hydrolysis) is 1. The maximum absolute atomic E-state index is 13.7. The molecule has 38 heavy (non-hydrogen) atoms. The number of nitrogens with one attached hydrogen (secondary N) is 2. The monoisotopic (exact) mass is 528 g/mol. The lowest BCUT2D eigenvalue weighted by molar-refractivity contribution is -0.199. The van der Waals surface area contributed by atoms with Crippen LogP contribution in [0.4, 0.5) is 4.79 Å². The number of amides is 2. The average Bonchev–Trinajstić information content (AvgIpc) is 3.15. The Balaban J connectivity index is 1.51. The Labute approximate surface area is 227 Å². The fourth-order valence-electron chi connectivity index (χ4n) is 6.63. The van der Waals surface area contributed by atoms with Crippen LogP contribution in [0.15, 0.2) is 24.3 Å².